The molecule has 0 radical (unpaired) electrons. The predicted octanol–water partition coefficient (Wildman–Crippen LogP) is 7.15. The molecule has 2 aromatic heterocycles. The van der Waals surface area contributed by atoms with Gasteiger partial charge in [0.25, 0.3) is 0 Å². The highest BCUT2D eigenvalue weighted by Crippen LogP contribution is 2.44. The Morgan fingerprint density at radius 2 is 2.00 bits per heavy atom. The molecule has 0 aliphatic rings. The zero-order valence-electron chi connectivity index (χ0n) is 22.9. The lowest BCUT2D eigenvalue weighted by Crippen LogP contribution is -2.37. The number of amides is 1. The molecule has 2 atom stereocenters. The zero-order chi connectivity index (χ0) is 27.9. The van der Waals surface area contributed by atoms with Crippen molar-refractivity contribution in [2.24, 2.45) is 0 Å². The lowest BCUT2D eigenvalue weighted by atomic mass is 9.98. The number of benzene rings is 1. The number of hydrogen-bond acceptors (Lipinski definition) is 9. The van der Waals surface area contributed by atoms with Gasteiger partial charge in [0.15, 0.2) is 0 Å². The molecule has 0 bridgehead atoms. The number of nitrogens with one attached hydrogen (secondary N) is 3. The van der Waals surface area contributed by atoms with Crippen molar-refractivity contribution < 1.29 is 14.2 Å². The number of rotatable bonds is 11. The van der Waals surface area contributed by atoms with Gasteiger partial charge in [-0.3, -0.25) is 10.1 Å². The third-order valence-electron chi connectivity index (χ3n) is 5.38. The normalized spacial score (nSPS) is 13.1. The number of alkyl carbamates (subject to hydrolysis) is 1. The van der Waals surface area contributed by atoms with E-state index in [1.54, 1.807) is 17.5 Å². The first-order chi connectivity index (χ1) is 18.0. The quantitative estimate of drug-likeness (QED) is 0.162. The standard InChI is InChI=1S/C26H36ClN6O3PS/c1-8-14-37(7)36-33-18-11-9-10-17(20(18)27)21-22(38-23(32-21)26(3,4)5)19-12-13-28-24(31-19)29-15-16(2)30-25(34)35-6/h9-13,16,33H,8,14-15H2,1-7H3,(H,30,34)(H,28,29,31)/t16-,37?/m0/s1. The van der Waals surface area contributed by atoms with Gasteiger partial charge in [0, 0.05) is 29.8 Å². The molecule has 0 spiro atoms. The van der Waals surface area contributed by atoms with E-state index in [-0.39, 0.29) is 11.5 Å². The fraction of sp³-hybridized carbons (Fsp3) is 0.462. The van der Waals surface area contributed by atoms with Gasteiger partial charge in [-0.25, -0.2) is 19.7 Å². The molecule has 0 aliphatic carbocycles. The van der Waals surface area contributed by atoms with E-state index in [0.29, 0.717) is 23.2 Å². The van der Waals surface area contributed by atoms with Gasteiger partial charge in [-0.15, -0.1) is 11.3 Å². The molecule has 0 saturated heterocycles. The Morgan fingerprint density at radius 1 is 1.24 bits per heavy atom. The number of carbonyl (C=O) groups excluding carboxylic acids is 1. The number of methoxy groups -OCH3 is 1. The molecule has 0 fully saturated rings. The maximum atomic E-state index is 11.5. The smallest absolute Gasteiger partial charge is 0.407 e. The molecule has 1 unspecified atom stereocenters. The highest BCUT2D eigenvalue weighted by Gasteiger charge is 2.25. The Balaban J connectivity index is 1.95. The van der Waals surface area contributed by atoms with Crippen molar-refractivity contribution in [3.05, 3.63) is 40.5 Å². The van der Waals surface area contributed by atoms with Crippen LogP contribution >= 0.6 is 31.1 Å². The third kappa shape index (κ3) is 7.99. The van der Waals surface area contributed by atoms with Gasteiger partial charge in [0.05, 0.1) is 47.2 Å². The molecule has 2 heterocycles. The Bertz CT molecular complexity index is 1240. The second kappa shape index (κ2) is 13.5. The van der Waals surface area contributed by atoms with Crippen molar-refractivity contribution in [3.8, 4) is 21.8 Å². The van der Waals surface area contributed by atoms with Gasteiger partial charge in [-0.05, 0) is 38.3 Å². The van der Waals surface area contributed by atoms with E-state index in [2.05, 4.69) is 60.2 Å². The number of nitrogens with zero attached hydrogens (tertiary/aromatic N) is 3. The zero-order valence-corrected chi connectivity index (χ0v) is 25.4. The summed E-state index contributed by atoms with van der Waals surface area (Å²) in [7, 11) is 0.743. The van der Waals surface area contributed by atoms with Gasteiger partial charge in [0.2, 0.25) is 5.95 Å². The molecule has 1 aromatic carbocycles. The summed E-state index contributed by atoms with van der Waals surface area (Å²) in [5, 5.41) is 7.40. The van der Waals surface area contributed by atoms with Crippen molar-refractivity contribution in [1.29, 1.82) is 0 Å². The Hall–Kier alpha value is -2.52. The fourth-order valence-electron chi connectivity index (χ4n) is 3.40. The van der Waals surface area contributed by atoms with Crippen molar-refractivity contribution in [2.75, 3.05) is 37.3 Å². The highest BCUT2D eigenvalue weighted by atomic mass is 35.5. The third-order valence-corrected chi connectivity index (χ3v) is 8.77. The Labute approximate surface area is 234 Å². The van der Waals surface area contributed by atoms with E-state index < -0.39 is 14.2 Å². The number of carbonyl (C=O) groups is 1. The minimum Gasteiger partial charge on any atom is -0.453 e. The molecule has 0 saturated carbocycles. The summed E-state index contributed by atoms with van der Waals surface area (Å²) < 4.78 is 10.5. The fourth-order valence-corrected chi connectivity index (χ4v) is 5.74. The summed E-state index contributed by atoms with van der Waals surface area (Å²) in [6.07, 6.45) is 3.28. The van der Waals surface area contributed by atoms with Gasteiger partial charge >= 0.3 is 6.09 Å². The average molecular weight is 579 g/mol. The summed E-state index contributed by atoms with van der Waals surface area (Å²) in [5.41, 5.74) is 5.87. The van der Waals surface area contributed by atoms with Crippen LogP contribution in [0.4, 0.5) is 16.4 Å². The van der Waals surface area contributed by atoms with Crippen LogP contribution in [-0.2, 0) is 14.8 Å². The molecule has 1 amide bonds. The van der Waals surface area contributed by atoms with E-state index in [1.807, 2.05) is 31.2 Å². The molecule has 9 nitrogen and oxygen atoms in total. The number of ether oxygens (including phenoxy) is 1. The topological polar surface area (TPSA) is 110 Å². The van der Waals surface area contributed by atoms with Gasteiger partial charge in [-0.1, -0.05) is 51.4 Å². The highest BCUT2D eigenvalue weighted by molar-refractivity contribution is 7.51. The number of hydrogen-bond donors (Lipinski definition) is 3. The number of thiazole rings is 1. The molecular formula is C26H36ClN6O3PS. The lowest BCUT2D eigenvalue weighted by molar-refractivity contribution is 0.168. The van der Waals surface area contributed by atoms with Crippen molar-refractivity contribution in [2.45, 2.75) is 52.5 Å². The Kier molecular flexibility index (Phi) is 10.7. The summed E-state index contributed by atoms with van der Waals surface area (Å²) in [4.78, 5) is 26.5. The molecular weight excluding hydrogens is 543 g/mol. The summed E-state index contributed by atoms with van der Waals surface area (Å²) in [5.74, 6) is 0.444. The number of anilines is 2. The second-order valence-corrected chi connectivity index (χ2v) is 13.1. The van der Waals surface area contributed by atoms with Gasteiger partial charge in [-0.2, -0.15) is 0 Å². The molecule has 12 heteroatoms. The number of halogens is 1. The van der Waals surface area contributed by atoms with Crippen LogP contribution in [0, 0.1) is 0 Å². The van der Waals surface area contributed by atoms with E-state index >= 15 is 0 Å². The van der Waals surface area contributed by atoms with E-state index in [0.717, 1.165) is 39.4 Å². The summed E-state index contributed by atoms with van der Waals surface area (Å²) in [6, 6.07) is 7.47. The van der Waals surface area contributed by atoms with E-state index in [4.69, 9.17) is 26.2 Å². The van der Waals surface area contributed by atoms with Gasteiger partial charge < -0.3 is 15.4 Å². The minimum atomic E-state index is -0.590. The molecule has 38 heavy (non-hydrogen) atoms. The van der Waals surface area contributed by atoms with E-state index in [9.17, 15) is 4.79 Å². The first-order valence-electron chi connectivity index (χ1n) is 12.4. The summed E-state index contributed by atoms with van der Waals surface area (Å²) in [6.45, 7) is 12.9. The molecule has 206 valence electrons. The first kappa shape index (κ1) is 30.0. The first-order valence-corrected chi connectivity index (χ1v) is 15.5. The van der Waals surface area contributed by atoms with Crippen LogP contribution in [0.1, 0.15) is 46.0 Å². The average Bonchev–Trinajstić information content (AvgIpc) is 3.33. The van der Waals surface area contributed by atoms with Crippen LogP contribution in [0.15, 0.2) is 30.5 Å². The molecule has 3 rings (SSSR count). The maximum Gasteiger partial charge on any atom is 0.407 e. The molecule has 3 N–H and O–H groups in total. The van der Waals surface area contributed by atoms with Crippen molar-refractivity contribution in [3.63, 3.8) is 0 Å². The molecule has 0 aliphatic heterocycles. The van der Waals surface area contributed by atoms with Crippen LogP contribution in [0.25, 0.3) is 21.8 Å². The van der Waals surface area contributed by atoms with Crippen LogP contribution < -0.4 is 16.1 Å². The van der Waals surface area contributed by atoms with Crippen LogP contribution in [0.2, 0.25) is 5.02 Å². The van der Waals surface area contributed by atoms with Crippen LogP contribution in [0.5, 0.6) is 0 Å². The lowest BCUT2D eigenvalue weighted by Gasteiger charge is -2.16. The van der Waals surface area contributed by atoms with Gasteiger partial charge in [0.1, 0.15) is 0 Å². The molecule has 3 aromatic rings. The maximum absolute atomic E-state index is 11.5. The SMILES string of the molecule is CCCP(C)ONc1cccc(-c2nc(C(C)(C)C)sc2-c2ccnc(NC[C@H](C)NC(=O)OC)n2)c1Cl. The second-order valence-electron chi connectivity index (χ2n) is 9.84. The Morgan fingerprint density at radius 3 is 2.68 bits per heavy atom. The largest absolute Gasteiger partial charge is 0.453 e. The van der Waals surface area contributed by atoms with Crippen molar-refractivity contribution in [1.82, 2.24) is 20.3 Å². The summed E-state index contributed by atoms with van der Waals surface area (Å²) >= 11 is 8.48. The van der Waals surface area contributed by atoms with Crippen LogP contribution in [-0.4, -0.2) is 53.6 Å². The van der Waals surface area contributed by atoms with Crippen LogP contribution in [0.3, 0.4) is 0 Å². The number of aromatic nitrogens is 3. The predicted molar refractivity (Wildman–Crippen MR) is 158 cm³/mol. The monoisotopic (exact) mass is 578 g/mol. The van der Waals surface area contributed by atoms with Crippen molar-refractivity contribution >= 4 is 48.8 Å². The van der Waals surface area contributed by atoms with E-state index in [1.165, 1.54) is 7.11 Å². The minimum absolute atomic E-state index is 0.162.